The van der Waals surface area contributed by atoms with E-state index < -0.39 is 0 Å². The highest BCUT2D eigenvalue weighted by Gasteiger charge is 2.07. The highest BCUT2D eigenvalue weighted by atomic mass is 16.1. The molecule has 0 aliphatic carbocycles. The van der Waals surface area contributed by atoms with E-state index in [1.807, 2.05) is 19.1 Å². The molecule has 0 fully saturated rings. The number of aromatic nitrogens is 3. The van der Waals surface area contributed by atoms with Gasteiger partial charge in [0.05, 0.1) is 5.52 Å². The molecule has 0 aliphatic heterocycles. The Morgan fingerprint density at radius 1 is 1.23 bits per heavy atom. The first kappa shape index (κ1) is 8.04. The van der Waals surface area contributed by atoms with Gasteiger partial charge in [-0.25, -0.2) is 9.78 Å². The van der Waals surface area contributed by atoms with E-state index in [1.165, 1.54) is 0 Å². The maximum Gasteiger partial charge on any atom is 0.329 e. The summed E-state index contributed by atoms with van der Waals surface area (Å²) in [7, 11) is 3.48. The average Bonchev–Trinajstić information content (AvgIpc) is 2.32. The van der Waals surface area contributed by atoms with E-state index in [-0.39, 0.29) is 5.69 Å². The van der Waals surface area contributed by atoms with Gasteiger partial charge in [-0.05, 0) is 19.1 Å². The SMILES string of the molecule is Cc1ccc2c(n1)n(C)c(=O)n2C. The van der Waals surface area contributed by atoms with E-state index in [2.05, 4.69) is 4.98 Å². The monoisotopic (exact) mass is 177 g/mol. The molecule has 2 rings (SSSR count). The van der Waals surface area contributed by atoms with Gasteiger partial charge in [-0.3, -0.25) is 9.13 Å². The minimum absolute atomic E-state index is 0.0342. The fourth-order valence-corrected chi connectivity index (χ4v) is 1.46. The van der Waals surface area contributed by atoms with Crippen molar-refractivity contribution in [2.24, 2.45) is 14.1 Å². The molecule has 2 aromatic rings. The molecule has 0 saturated carbocycles. The molecule has 0 aromatic carbocycles. The van der Waals surface area contributed by atoms with Crippen LogP contribution in [0.5, 0.6) is 0 Å². The van der Waals surface area contributed by atoms with E-state index in [1.54, 1.807) is 23.2 Å². The number of rotatable bonds is 0. The van der Waals surface area contributed by atoms with Gasteiger partial charge < -0.3 is 0 Å². The van der Waals surface area contributed by atoms with Crippen LogP contribution in [0.2, 0.25) is 0 Å². The average molecular weight is 177 g/mol. The van der Waals surface area contributed by atoms with Gasteiger partial charge in [0.1, 0.15) is 0 Å². The first-order chi connectivity index (χ1) is 6.11. The molecule has 0 N–H and O–H groups in total. The summed E-state index contributed by atoms with van der Waals surface area (Å²) in [6.07, 6.45) is 0. The second-order valence-corrected chi connectivity index (χ2v) is 3.20. The Morgan fingerprint density at radius 2 is 1.92 bits per heavy atom. The molecular weight excluding hydrogens is 166 g/mol. The molecule has 0 saturated heterocycles. The predicted octanol–water partition coefficient (Wildman–Crippen LogP) is 0.580. The van der Waals surface area contributed by atoms with Crippen LogP contribution in [0, 0.1) is 6.92 Å². The highest BCUT2D eigenvalue weighted by molar-refractivity contribution is 5.71. The third-order valence-corrected chi connectivity index (χ3v) is 2.25. The van der Waals surface area contributed by atoms with Crippen molar-refractivity contribution in [3.05, 3.63) is 28.3 Å². The Bertz CT molecular complexity index is 521. The second kappa shape index (κ2) is 2.45. The summed E-state index contributed by atoms with van der Waals surface area (Å²) >= 11 is 0. The first-order valence-corrected chi connectivity index (χ1v) is 4.10. The molecular formula is C9H11N3O. The van der Waals surface area contributed by atoms with Crippen LogP contribution in [-0.2, 0) is 14.1 Å². The summed E-state index contributed by atoms with van der Waals surface area (Å²) in [6, 6.07) is 3.82. The van der Waals surface area contributed by atoms with Crippen LogP contribution in [0.3, 0.4) is 0 Å². The third-order valence-electron chi connectivity index (χ3n) is 2.25. The Balaban J connectivity index is 3.04. The lowest BCUT2D eigenvalue weighted by Crippen LogP contribution is -2.19. The van der Waals surface area contributed by atoms with Crippen molar-refractivity contribution in [1.29, 1.82) is 0 Å². The van der Waals surface area contributed by atoms with Crippen molar-refractivity contribution < 1.29 is 0 Å². The van der Waals surface area contributed by atoms with Gasteiger partial charge in [-0.2, -0.15) is 0 Å². The summed E-state index contributed by atoms with van der Waals surface area (Å²) in [5, 5.41) is 0. The van der Waals surface area contributed by atoms with Crippen molar-refractivity contribution in [1.82, 2.24) is 14.1 Å². The number of aryl methyl sites for hydroxylation is 3. The lowest BCUT2D eigenvalue weighted by molar-refractivity contribution is 0.791. The van der Waals surface area contributed by atoms with Crippen LogP contribution in [-0.4, -0.2) is 14.1 Å². The Morgan fingerprint density at radius 3 is 2.62 bits per heavy atom. The normalized spacial score (nSPS) is 11.0. The van der Waals surface area contributed by atoms with Crippen molar-refractivity contribution in [2.45, 2.75) is 6.92 Å². The van der Waals surface area contributed by atoms with Crippen LogP contribution >= 0.6 is 0 Å². The van der Waals surface area contributed by atoms with Crippen LogP contribution < -0.4 is 5.69 Å². The van der Waals surface area contributed by atoms with Gasteiger partial charge in [0.15, 0.2) is 5.65 Å². The summed E-state index contributed by atoms with van der Waals surface area (Å²) in [5.74, 6) is 0. The number of imidazole rings is 1. The zero-order valence-corrected chi connectivity index (χ0v) is 7.90. The lowest BCUT2D eigenvalue weighted by atomic mass is 10.3. The molecule has 4 heteroatoms. The van der Waals surface area contributed by atoms with E-state index in [0.717, 1.165) is 16.9 Å². The Hall–Kier alpha value is -1.58. The molecule has 0 unspecified atom stereocenters. The molecule has 13 heavy (non-hydrogen) atoms. The second-order valence-electron chi connectivity index (χ2n) is 3.20. The topological polar surface area (TPSA) is 39.8 Å². The minimum atomic E-state index is -0.0342. The fourth-order valence-electron chi connectivity index (χ4n) is 1.46. The Kier molecular flexibility index (Phi) is 1.52. The van der Waals surface area contributed by atoms with Crippen LogP contribution in [0.4, 0.5) is 0 Å². The number of fused-ring (bicyclic) bond motifs is 1. The van der Waals surface area contributed by atoms with E-state index >= 15 is 0 Å². The van der Waals surface area contributed by atoms with E-state index in [0.29, 0.717) is 0 Å². The van der Waals surface area contributed by atoms with Crippen molar-refractivity contribution >= 4 is 11.2 Å². The maximum atomic E-state index is 11.5. The van der Waals surface area contributed by atoms with Crippen LogP contribution in [0.1, 0.15) is 5.69 Å². The van der Waals surface area contributed by atoms with Crippen molar-refractivity contribution in [3.8, 4) is 0 Å². The zero-order chi connectivity index (χ0) is 9.59. The molecule has 0 amide bonds. The molecule has 4 nitrogen and oxygen atoms in total. The van der Waals surface area contributed by atoms with E-state index in [9.17, 15) is 4.79 Å². The smallest absolute Gasteiger partial charge is 0.293 e. The highest BCUT2D eigenvalue weighted by Crippen LogP contribution is 2.08. The molecule has 0 atom stereocenters. The number of nitrogens with zero attached hydrogens (tertiary/aromatic N) is 3. The molecule has 0 radical (unpaired) electrons. The first-order valence-electron chi connectivity index (χ1n) is 4.10. The summed E-state index contributed by atoms with van der Waals surface area (Å²) in [6.45, 7) is 1.91. The van der Waals surface area contributed by atoms with Crippen molar-refractivity contribution in [3.63, 3.8) is 0 Å². The summed E-state index contributed by atoms with van der Waals surface area (Å²) < 4.78 is 3.16. The standard InChI is InChI=1S/C9H11N3O/c1-6-4-5-7-8(10-6)12(3)9(13)11(7)2/h4-5H,1-3H3. The maximum absolute atomic E-state index is 11.5. The molecule has 2 heterocycles. The van der Waals surface area contributed by atoms with Gasteiger partial charge in [0.25, 0.3) is 0 Å². The van der Waals surface area contributed by atoms with Gasteiger partial charge in [0, 0.05) is 19.8 Å². The van der Waals surface area contributed by atoms with E-state index in [4.69, 9.17) is 0 Å². The van der Waals surface area contributed by atoms with Gasteiger partial charge in [-0.1, -0.05) is 0 Å². The fraction of sp³-hybridized carbons (Fsp3) is 0.333. The third kappa shape index (κ3) is 0.983. The zero-order valence-electron chi connectivity index (χ0n) is 7.90. The predicted molar refractivity (Wildman–Crippen MR) is 50.7 cm³/mol. The van der Waals surface area contributed by atoms with Gasteiger partial charge in [0.2, 0.25) is 0 Å². The van der Waals surface area contributed by atoms with Crippen molar-refractivity contribution in [2.75, 3.05) is 0 Å². The number of pyridine rings is 1. The number of hydrogen-bond donors (Lipinski definition) is 0. The molecule has 0 aliphatic rings. The Labute approximate surface area is 75.4 Å². The van der Waals surface area contributed by atoms with Gasteiger partial charge >= 0.3 is 5.69 Å². The molecule has 68 valence electrons. The van der Waals surface area contributed by atoms with Crippen LogP contribution in [0.15, 0.2) is 16.9 Å². The minimum Gasteiger partial charge on any atom is -0.293 e. The largest absolute Gasteiger partial charge is 0.329 e. The van der Waals surface area contributed by atoms with Crippen LogP contribution in [0.25, 0.3) is 11.2 Å². The molecule has 0 spiro atoms. The summed E-state index contributed by atoms with van der Waals surface area (Å²) in [4.78, 5) is 15.8. The van der Waals surface area contributed by atoms with Gasteiger partial charge in [-0.15, -0.1) is 0 Å². The molecule has 2 aromatic heterocycles. The number of hydrogen-bond acceptors (Lipinski definition) is 2. The molecule has 0 bridgehead atoms. The lowest BCUT2D eigenvalue weighted by Gasteiger charge is -1.94. The summed E-state index contributed by atoms with van der Waals surface area (Å²) in [5.41, 5.74) is 2.51. The quantitative estimate of drug-likeness (QED) is 0.590.